The molecule has 0 aliphatic heterocycles. The van der Waals surface area contributed by atoms with Gasteiger partial charge in [0.15, 0.2) is 6.10 Å². The first-order chi connectivity index (χ1) is 9.85. The van der Waals surface area contributed by atoms with E-state index in [9.17, 15) is 4.79 Å². The van der Waals surface area contributed by atoms with Crippen molar-refractivity contribution in [2.75, 3.05) is 13.6 Å². The zero-order valence-electron chi connectivity index (χ0n) is 14.0. The van der Waals surface area contributed by atoms with E-state index in [0.29, 0.717) is 12.5 Å². The molecular formula is C17H28N2O2. The Hall–Kier alpha value is -1.55. The van der Waals surface area contributed by atoms with Gasteiger partial charge in [0, 0.05) is 13.1 Å². The van der Waals surface area contributed by atoms with Crippen LogP contribution in [0.1, 0.15) is 37.5 Å². The highest BCUT2D eigenvalue weighted by Gasteiger charge is 2.17. The molecule has 1 aromatic carbocycles. The molecule has 1 rings (SSSR count). The maximum atomic E-state index is 12.0. The predicted molar refractivity (Wildman–Crippen MR) is 86.6 cm³/mol. The summed E-state index contributed by atoms with van der Waals surface area (Å²) in [5, 5.41) is 6.04. The molecule has 21 heavy (non-hydrogen) atoms. The molecule has 4 nitrogen and oxygen atoms in total. The summed E-state index contributed by atoms with van der Waals surface area (Å²) < 4.78 is 5.87. The maximum Gasteiger partial charge on any atom is 0.260 e. The molecule has 0 heterocycles. The predicted octanol–water partition coefficient (Wildman–Crippen LogP) is 2.56. The fourth-order valence-electron chi connectivity index (χ4n) is 2.21. The molecule has 2 N–H and O–H groups in total. The first-order valence-electron chi connectivity index (χ1n) is 7.54. The first-order valence-corrected chi connectivity index (χ1v) is 7.54. The van der Waals surface area contributed by atoms with Crippen LogP contribution in [0.5, 0.6) is 5.75 Å². The molecule has 4 heteroatoms. The molecule has 1 unspecified atom stereocenters. The summed E-state index contributed by atoms with van der Waals surface area (Å²) in [6.07, 6.45) is -0.490. The highest BCUT2D eigenvalue weighted by molar-refractivity contribution is 5.80. The maximum absolute atomic E-state index is 12.0. The molecule has 0 saturated heterocycles. The summed E-state index contributed by atoms with van der Waals surface area (Å²) in [7, 11) is 1.93. The second-order valence-electron chi connectivity index (χ2n) is 5.99. The summed E-state index contributed by atoms with van der Waals surface area (Å²) in [6.45, 7) is 11.5. The standard InChI is InChI=1S/C17H28N2O2/c1-11(2)9-19-17(20)14(5)21-16-12(3)7-15(10-18-6)8-13(16)4/h7-8,11,14,18H,9-10H2,1-6H3,(H,19,20). The van der Waals surface area contributed by atoms with Crippen molar-refractivity contribution < 1.29 is 9.53 Å². The molecule has 0 aliphatic carbocycles. The lowest BCUT2D eigenvalue weighted by atomic mass is 10.1. The molecule has 1 atom stereocenters. The van der Waals surface area contributed by atoms with Crippen LogP contribution in [0, 0.1) is 19.8 Å². The van der Waals surface area contributed by atoms with Crippen LogP contribution in [0.2, 0.25) is 0 Å². The SMILES string of the molecule is CNCc1cc(C)c(OC(C)C(=O)NCC(C)C)c(C)c1. The van der Waals surface area contributed by atoms with Crippen molar-refractivity contribution in [2.45, 2.75) is 47.3 Å². The lowest BCUT2D eigenvalue weighted by molar-refractivity contribution is -0.127. The molecule has 0 saturated carbocycles. The Balaban J connectivity index is 2.76. The van der Waals surface area contributed by atoms with E-state index in [2.05, 4.69) is 36.6 Å². The molecule has 1 aromatic rings. The third-order valence-corrected chi connectivity index (χ3v) is 3.25. The average Bonchev–Trinajstić information content (AvgIpc) is 2.40. The number of hydrogen-bond donors (Lipinski definition) is 2. The van der Waals surface area contributed by atoms with Gasteiger partial charge >= 0.3 is 0 Å². The normalized spacial score (nSPS) is 12.3. The molecular weight excluding hydrogens is 264 g/mol. The molecule has 1 amide bonds. The van der Waals surface area contributed by atoms with Crippen molar-refractivity contribution >= 4 is 5.91 Å². The van der Waals surface area contributed by atoms with Crippen molar-refractivity contribution in [1.82, 2.24) is 10.6 Å². The molecule has 0 fully saturated rings. The number of rotatable bonds is 7. The first kappa shape index (κ1) is 17.5. The Morgan fingerprint density at radius 2 is 1.76 bits per heavy atom. The van der Waals surface area contributed by atoms with Crippen LogP contribution in [-0.4, -0.2) is 25.6 Å². The van der Waals surface area contributed by atoms with Crippen LogP contribution >= 0.6 is 0 Å². The number of aryl methyl sites for hydroxylation is 2. The number of ether oxygens (including phenoxy) is 1. The van der Waals surface area contributed by atoms with Gasteiger partial charge in [-0.05, 0) is 50.4 Å². The third kappa shape index (κ3) is 5.38. The van der Waals surface area contributed by atoms with Gasteiger partial charge in [0.25, 0.3) is 5.91 Å². The minimum atomic E-state index is -0.490. The van der Waals surface area contributed by atoms with Gasteiger partial charge in [-0.3, -0.25) is 4.79 Å². The fraction of sp³-hybridized carbons (Fsp3) is 0.588. The number of carbonyl (C=O) groups excluding carboxylic acids is 1. The van der Waals surface area contributed by atoms with Gasteiger partial charge in [0.2, 0.25) is 0 Å². The van der Waals surface area contributed by atoms with Crippen LogP contribution in [0.15, 0.2) is 12.1 Å². The quantitative estimate of drug-likeness (QED) is 0.812. The van der Waals surface area contributed by atoms with Crippen molar-refractivity contribution in [1.29, 1.82) is 0 Å². The molecule has 0 spiro atoms. The highest BCUT2D eigenvalue weighted by atomic mass is 16.5. The lowest BCUT2D eigenvalue weighted by Gasteiger charge is -2.19. The van der Waals surface area contributed by atoms with E-state index in [0.717, 1.165) is 23.4 Å². The fourth-order valence-corrected chi connectivity index (χ4v) is 2.21. The van der Waals surface area contributed by atoms with E-state index in [1.165, 1.54) is 5.56 Å². The van der Waals surface area contributed by atoms with Crippen molar-refractivity contribution in [2.24, 2.45) is 5.92 Å². The Labute approximate surface area is 128 Å². The zero-order chi connectivity index (χ0) is 16.0. The van der Waals surface area contributed by atoms with Crippen molar-refractivity contribution in [3.8, 4) is 5.75 Å². The average molecular weight is 292 g/mol. The van der Waals surface area contributed by atoms with Crippen LogP contribution in [0.25, 0.3) is 0 Å². The lowest BCUT2D eigenvalue weighted by Crippen LogP contribution is -2.38. The van der Waals surface area contributed by atoms with Gasteiger partial charge in [0.05, 0.1) is 0 Å². The Morgan fingerprint density at radius 3 is 2.24 bits per heavy atom. The molecule has 0 aromatic heterocycles. The Morgan fingerprint density at radius 1 is 1.19 bits per heavy atom. The minimum Gasteiger partial charge on any atom is -0.480 e. The van der Waals surface area contributed by atoms with Gasteiger partial charge < -0.3 is 15.4 Å². The topological polar surface area (TPSA) is 50.4 Å². The van der Waals surface area contributed by atoms with E-state index in [1.54, 1.807) is 6.92 Å². The van der Waals surface area contributed by atoms with E-state index in [4.69, 9.17) is 4.74 Å². The number of nitrogens with one attached hydrogen (secondary N) is 2. The van der Waals surface area contributed by atoms with Gasteiger partial charge in [-0.15, -0.1) is 0 Å². The summed E-state index contributed by atoms with van der Waals surface area (Å²) in [5.74, 6) is 1.18. The summed E-state index contributed by atoms with van der Waals surface area (Å²) in [5.41, 5.74) is 3.34. The highest BCUT2D eigenvalue weighted by Crippen LogP contribution is 2.26. The smallest absolute Gasteiger partial charge is 0.260 e. The molecule has 118 valence electrons. The zero-order valence-corrected chi connectivity index (χ0v) is 14.0. The summed E-state index contributed by atoms with van der Waals surface area (Å²) in [6, 6.07) is 4.19. The number of amides is 1. The van der Waals surface area contributed by atoms with Crippen LogP contribution in [0.4, 0.5) is 0 Å². The monoisotopic (exact) mass is 292 g/mol. The summed E-state index contributed by atoms with van der Waals surface area (Å²) in [4.78, 5) is 12.0. The Kier molecular flexibility index (Phi) is 6.69. The third-order valence-electron chi connectivity index (χ3n) is 3.25. The van der Waals surface area contributed by atoms with E-state index < -0.39 is 6.10 Å². The number of hydrogen-bond acceptors (Lipinski definition) is 3. The van der Waals surface area contributed by atoms with E-state index in [-0.39, 0.29) is 5.91 Å². The van der Waals surface area contributed by atoms with Gasteiger partial charge in [-0.1, -0.05) is 26.0 Å². The second-order valence-corrected chi connectivity index (χ2v) is 5.99. The molecule has 0 radical (unpaired) electrons. The van der Waals surface area contributed by atoms with Crippen molar-refractivity contribution in [3.63, 3.8) is 0 Å². The second kappa shape index (κ2) is 8.03. The summed E-state index contributed by atoms with van der Waals surface area (Å²) >= 11 is 0. The Bertz CT molecular complexity index is 461. The van der Waals surface area contributed by atoms with Gasteiger partial charge in [-0.25, -0.2) is 0 Å². The minimum absolute atomic E-state index is 0.0678. The van der Waals surface area contributed by atoms with Gasteiger partial charge in [0.1, 0.15) is 5.75 Å². The largest absolute Gasteiger partial charge is 0.480 e. The molecule has 0 aliphatic rings. The van der Waals surface area contributed by atoms with Crippen molar-refractivity contribution in [3.05, 3.63) is 28.8 Å². The van der Waals surface area contributed by atoms with Gasteiger partial charge in [-0.2, -0.15) is 0 Å². The number of carbonyl (C=O) groups is 1. The van der Waals surface area contributed by atoms with E-state index >= 15 is 0 Å². The van der Waals surface area contributed by atoms with Crippen LogP contribution < -0.4 is 15.4 Å². The van der Waals surface area contributed by atoms with E-state index in [1.807, 2.05) is 20.9 Å². The molecule has 0 bridgehead atoms. The van der Waals surface area contributed by atoms with Crippen LogP contribution in [0.3, 0.4) is 0 Å². The number of benzene rings is 1. The van der Waals surface area contributed by atoms with Crippen LogP contribution in [-0.2, 0) is 11.3 Å².